The minimum Gasteiger partial charge on any atom is -0.481 e. The summed E-state index contributed by atoms with van der Waals surface area (Å²) in [5.74, 6) is -0.935. The van der Waals surface area contributed by atoms with Crippen molar-refractivity contribution < 1.29 is 14.7 Å². The Balaban J connectivity index is 2.02. The third kappa shape index (κ3) is 3.31. The molecule has 0 aromatic heterocycles. The van der Waals surface area contributed by atoms with E-state index in [-0.39, 0.29) is 18.7 Å². The van der Waals surface area contributed by atoms with E-state index in [0.29, 0.717) is 24.2 Å². The highest BCUT2D eigenvalue weighted by molar-refractivity contribution is 6.13. The van der Waals surface area contributed by atoms with Crippen LogP contribution in [0.2, 0.25) is 0 Å². The molecule has 1 amide bonds. The zero-order chi connectivity index (χ0) is 13.8. The highest BCUT2D eigenvalue weighted by Crippen LogP contribution is 2.22. The van der Waals surface area contributed by atoms with Gasteiger partial charge in [-0.1, -0.05) is 0 Å². The topological polar surface area (TPSA) is 96.0 Å². The van der Waals surface area contributed by atoms with Gasteiger partial charge in [-0.25, -0.2) is 5.01 Å². The molecular formula is C13H15N3O3. The summed E-state index contributed by atoms with van der Waals surface area (Å²) in [6.45, 7) is 0. The number of carboxylic acids is 1. The third-order valence-corrected chi connectivity index (χ3v) is 2.83. The monoisotopic (exact) mass is 261 g/mol. The molecule has 1 aromatic rings. The minimum absolute atomic E-state index is 0.0923. The summed E-state index contributed by atoms with van der Waals surface area (Å²) < 4.78 is 0. The van der Waals surface area contributed by atoms with E-state index in [2.05, 4.69) is 5.10 Å². The van der Waals surface area contributed by atoms with Gasteiger partial charge < -0.3 is 10.8 Å². The standard InChI is InChI=1S/C13H15N3O3/c14-9-4-6-11(7-5-9)16-12(17)8-10(15-16)2-1-3-13(18)19/h4-7H,1-3,8,14H2,(H,18,19). The Morgan fingerprint density at radius 2 is 2.05 bits per heavy atom. The first kappa shape index (κ1) is 13.1. The molecular weight excluding hydrogens is 246 g/mol. The molecule has 6 nitrogen and oxygen atoms in total. The van der Waals surface area contributed by atoms with Crippen molar-refractivity contribution in [1.29, 1.82) is 0 Å². The van der Waals surface area contributed by atoms with E-state index in [1.807, 2.05) is 0 Å². The van der Waals surface area contributed by atoms with E-state index >= 15 is 0 Å². The molecule has 100 valence electrons. The molecule has 1 aliphatic heterocycles. The maximum absolute atomic E-state index is 11.8. The van der Waals surface area contributed by atoms with E-state index in [1.165, 1.54) is 5.01 Å². The van der Waals surface area contributed by atoms with Crippen molar-refractivity contribution in [3.05, 3.63) is 24.3 Å². The molecule has 0 bridgehead atoms. The predicted octanol–water partition coefficient (Wildman–Crippen LogP) is 1.62. The maximum atomic E-state index is 11.8. The van der Waals surface area contributed by atoms with Crippen LogP contribution in [0, 0.1) is 0 Å². The second kappa shape index (κ2) is 5.51. The molecule has 0 radical (unpaired) electrons. The molecule has 0 spiro atoms. The summed E-state index contributed by atoms with van der Waals surface area (Å²) in [7, 11) is 0. The van der Waals surface area contributed by atoms with Crippen molar-refractivity contribution in [3.8, 4) is 0 Å². The van der Waals surface area contributed by atoms with Gasteiger partial charge in [0.05, 0.1) is 12.1 Å². The molecule has 0 saturated heterocycles. The van der Waals surface area contributed by atoms with Crippen molar-refractivity contribution in [1.82, 2.24) is 0 Å². The number of carboxylic acid groups (broad SMARTS) is 1. The molecule has 2 rings (SSSR count). The molecule has 3 N–H and O–H groups in total. The van der Waals surface area contributed by atoms with E-state index in [0.717, 1.165) is 5.71 Å². The Labute approximate surface area is 110 Å². The average Bonchev–Trinajstić information content (AvgIpc) is 2.71. The lowest BCUT2D eigenvalue weighted by molar-refractivity contribution is -0.137. The highest BCUT2D eigenvalue weighted by atomic mass is 16.4. The number of amides is 1. The van der Waals surface area contributed by atoms with E-state index < -0.39 is 5.97 Å². The quantitative estimate of drug-likeness (QED) is 0.787. The molecule has 0 saturated carbocycles. The van der Waals surface area contributed by atoms with Crippen molar-refractivity contribution in [2.45, 2.75) is 25.7 Å². The lowest BCUT2D eigenvalue weighted by Crippen LogP contribution is -2.19. The van der Waals surface area contributed by atoms with Crippen molar-refractivity contribution in [3.63, 3.8) is 0 Å². The summed E-state index contributed by atoms with van der Waals surface area (Å²) in [4.78, 5) is 22.3. The Hall–Kier alpha value is -2.37. The largest absolute Gasteiger partial charge is 0.481 e. The van der Waals surface area contributed by atoms with Gasteiger partial charge in [-0.05, 0) is 37.1 Å². The molecule has 1 heterocycles. The van der Waals surface area contributed by atoms with Crippen LogP contribution < -0.4 is 10.7 Å². The first-order valence-electron chi connectivity index (χ1n) is 6.03. The maximum Gasteiger partial charge on any atom is 0.303 e. The van der Waals surface area contributed by atoms with E-state index in [9.17, 15) is 9.59 Å². The fourth-order valence-corrected chi connectivity index (χ4v) is 1.88. The van der Waals surface area contributed by atoms with Crippen LogP contribution in [0.15, 0.2) is 29.4 Å². The second-order valence-corrected chi connectivity index (χ2v) is 4.39. The van der Waals surface area contributed by atoms with Crippen LogP contribution in [0.4, 0.5) is 11.4 Å². The van der Waals surface area contributed by atoms with Crippen LogP contribution >= 0.6 is 0 Å². The highest BCUT2D eigenvalue weighted by Gasteiger charge is 2.24. The van der Waals surface area contributed by atoms with Gasteiger partial charge in [-0.15, -0.1) is 0 Å². The van der Waals surface area contributed by atoms with Gasteiger partial charge >= 0.3 is 5.97 Å². The summed E-state index contributed by atoms with van der Waals surface area (Å²) in [5.41, 5.74) is 7.61. The lowest BCUT2D eigenvalue weighted by atomic mass is 10.1. The number of nitrogens with two attached hydrogens (primary N) is 1. The zero-order valence-electron chi connectivity index (χ0n) is 10.4. The van der Waals surface area contributed by atoms with Gasteiger partial charge in [-0.3, -0.25) is 9.59 Å². The van der Waals surface area contributed by atoms with Crippen molar-refractivity contribution in [2.75, 3.05) is 10.7 Å². The number of aliphatic carboxylic acids is 1. The van der Waals surface area contributed by atoms with Crippen LogP contribution in [0.1, 0.15) is 25.7 Å². The average molecular weight is 261 g/mol. The Morgan fingerprint density at radius 1 is 1.37 bits per heavy atom. The summed E-state index contributed by atoms with van der Waals surface area (Å²) in [6, 6.07) is 6.88. The second-order valence-electron chi connectivity index (χ2n) is 4.39. The van der Waals surface area contributed by atoms with E-state index in [4.69, 9.17) is 10.8 Å². The Kier molecular flexibility index (Phi) is 3.79. The molecule has 1 aromatic carbocycles. The summed E-state index contributed by atoms with van der Waals surface area (Å²) in [6.07, 6.45) is 1.37. The van der Waals surface area contributed by atoms with Crippen LogP contribution in [0.25, 0.3) is 0 Å². The van der Waals surface area contributed by atoms with Gasteiger partial charge in [0.1, 0.15) is 0 Å². The van der Waals surface area contributed by atoms with Gasteiger partial charge in [0, 0.05) is 17.8 Å². The minimum atomic E-state index is -0.833. The summed E-state index contributed by atoms with van der Waals surface area (Å²) >= 11 is 0. The molecule has 0 aliphatic carbocycles. The normalized spacial score (nSPS) is 14.6. The number of hydrogen-bond donors (Lipinski definition) is 2. The van der Waals surface area contributed by atoms with Gasteiger partial charge in [-0.2, -0.15) is 5.10 Å². The number of nitrogen functional groups attached to an aromatic ring is 1. The molecule has 0 unspecified atom stereocenters. The van der Waals surface area contributed by atoms with Gasteiger partial charge in [0.15, 0.2) is 0 Å². The summed E-state index contributed by atoms with van der Waals surface area (Å²) in [5, 5.41) is 14.1. The number of benzene rings is 1. The fraction of sp³-hybridized carbons (Fsp3) is 0.308. The molecule has 1 aliphatic rings. The zero-order valence-corrected chi connectivity index (χ0v) is 10.4. The lowest BCUT2D eigenvalue weighted by Gasteiger charge is -2.11. The third-order valence-electron chi connectivity index (χ3n) is 2.83. The number of hydrogen-bond acceptors (Lipinski definition) is 4. The van der Waals surface area contributed by atoms with Crippen LogP contribution in [-0.2, 0) is 9.59 Å². The number of carbonyl (C=O) groups excluding carboxylic acids is 1. The molecule has 0 fully saturated rings. The fourth-order valence-electron chi connectivity index (χ4n) is 1.88. The Bertz CT molecular complexity index is 522. The van der Waals surface area contributed by atoms with Crippen LogP contribution in [0.5, 0.6) is 0 Å². The molecule has 0 atom stereocenters. The Morgan fingerprint density at radius 3 is 2.68 bits per heavy atom. The van der Waals surface area contributed by atoms with Crippen LogP contribution in [-0.4, -0.2) is 22.7 Å². The number of nitrogens with zero attached hydrogens (tertiary/aromatic N) is 2. The predicted molar refractivity (Wildman–Crippen MR) is 71.9 cm³/mol. The van der Waals surface area contributed by atoms with Gasteiger partial charge in [0.2, 0.25) is 0 Å². The SMILES string of the molecule is Nc1ccc(N2N=C(CCCC(=O)O)CC2=O)cc1. The number of hydrazone groups is 1. The molecule has 6 heteroatoms. The van der Waals surface area contributed by atoms with Crippen molar-refractivity contribution >= 4 is 29.0 Å². The molecule has 19 heavy (non-hydrogen) atoms. The van der Waals surface area contributed by atoms with Crippen molar-refractivity contribution in [2.24, 2.45) is 5.10 Å². The van der Waals surface area contributed by atoms with E-state index in [1.54, 1.807) is 24.3 Å². The first-order chi connectivity index (χ1) is 9.06. The van der Waals surface area contributed by atoms with Crippen LogP contribution in [0.3, 0.4) is 0 Å². The first-order valence-corrected chi connectivity index (χ1v) is 6.03. The number of carbonyl (C=O) groups is 2. The number of rotatable bonds is 5. The smallest absolute Gasteiger partial charge is 0.303 e. The van der Waals surface area contributed by atoms with Gasteiger partial charge in [0.25, 0.3) is 5.91 Å². The number of anilines is 2.